The molecule has 1 spiro atoms. The number of rotatable bonds is 4. The summed E-state index contributed by atoms with van der Waals surface area (Å²) in [6, 6.07) is 65.9. The summed E-state index contributed by atoms with van der Waals surface area (Å²) < 4.78 is 2.52. The third-order valence-corrected chi connectivity index (χ3v) is 12.5. The third-order valence-electron chi connectivity index (χ3n) is 12.5. The molecular weight excluding hydrogens is 665 g/mol. The van der Waals surface area contributed by atoms with Crippen LogP contribution in [-0.2, 0) is 5.41 Å². The topological polar surface area (TPSA) is 8.17 Å². The van der Waals surface area contributed by atoms with E-state index in [2.05, 4.69) is 210 Å². The molecule has 2 heteroatoms. The first kappa shape index (κ1) is 30.6. The molecule has 0 bridgehead atoms. The molecule has 55 heavy (non-hydrogen) atoms. The lowest BCUT2D eigenvalue weighted by atomic mass is 9.65. The van der Waals surface area contributed by atoms with Crippen LogP contribution in [0.2, 0.25) is 0 Å². The first-order valence-corrected chi connectivity index (χ1v) is 19.4. The summed E-state index contributed by atoms with van der Waals surface area (Å²) in [5.74, 6) is 0.421. The molecule has 2 nitrogen and oxygen atoms in total. The van der Waals surface area contributed by atoms with Crippen LogP contribution in [0.4, 0.5) is 17.1 Å². The maximum absolute atomic E-state index is 2.52. The molecule has 3 aliphatic rings. The van der Waals surface area contributed by atoms with Crippen LogP contribution in [-0.4, -0.2) is 4.57 Å². The highest BCUT2D eigenvalue weighted by Gasteiger charge is 2.51. The molecule has 12 rings (SSSR count). The molecular formula is C53H36N2. The second kappa shape index (κ2) is 11.5. The summed E-state index contributed by atoms with van der Waals surface area (Å²) in [6.45, 7) is 0. The van der Waals surface area contributed by atoms with E-state index in [4.69, 9.17) is 0 Å². The Hall–Kier alpha value is -6.90. The number of anilines is 3. The van der Waals surface area contributed by atoms with E-state index < -0.39 is 5.41 Å². The van der Waals surface area contributed by atoms with E-state index in [0.717, 1.165) is 23.5 Å². The van der Waals surface area contributed by atoms with E-state index in [1.165, 1.54) is 77.2 Å². The SMILES string of the molecule is C1=CCC(c2ccc(N(c3ccccc3)c3ccc4c5c(ccc4c3)C3(c4ccccc4-5)c4ccccc4-n4c5ccccc5c5cccc3c54)cc2)C=C1. The zero-order valence-corrected chi connectivity index (χ0v) is 30.2. The molecule has 2 atom stereocenters. The van der Waals surface area contributed by atoms with E-state index >= 15 is 0 Å². The van der Waals surface area contributed by atoms with Gasteiger partial charge >= 0.3 is 0 Å². The van der Waals surface area contributed by atoms with Crippen molar-refractivity contribution in [3.05, 3.63) is 228 Å². The Morgan fingerprint density at radius 2 is 1.24 bits per heavy atom. The van der Waals surface area contributed by atoms with Crippen molar-refractivity contribution in [2.24, 2.45) is 0 Å². The highest BCUT2D eigenvalue weighted by Crippen LogP contribution is 2.62. The number of aromatic nitrogens is 1. The molecule has 0 amide bonds. The van der Waals surface area contributed by atoms with Crippen LogP contribution < -0.4 is 4.90 Å². The normalized spacial score (nSPS) is 17.5. The maximum atomic E-state index is 2.52. The average Bonchev–Trinajstić information content (AvgIpc) is 3.76. The van der Waals surface area contributed by atoms with Gasteiger partial charge in [0.2, 0.25) is 0 Å². The molecule has 9 aromatic rings. The van der Waals surface area contributed by atoms with Crippen molar-refractivity contribution in [3.8, 4) is 16.8 Å². The van der Waals surface area contributed by atoms with E-state index in [9.17, 15) is 0 Å². The Balaban J connectivity index is 1.08. The van der Waals surface area contributed by atoms with Crippen LogP contribution in [0, 0.1) is 0 Å². The molecule has 1 aliphatic heterocycles. The van der Waals surface area contributed by atoms with Crippen molar-refractivity contribution in [2.45, 2.75) is 17.8 Å². The van der Waals surface area contributed by atoms with Crippen molar-refractivity contribution < 1.29 is 0 Å². The smallest absolute Gasteiger partial charge is 0.0754 e. The fourth-order valence-electron chi connectivity index (χ4n) is 10.2. The molecule has 2 aliphatic carbocycles. The number of benzene rings is 8. The summed E-state index contributed by atoms with van der Waals surface area (Å²) in [4.78, 5) is 2.39. The lowest BCUT2D eigenvalue weighted by molar-refractivity contribution is 0.749. The third kappa shape index (κ3) is 4.14. The number of para-hydroxylation sites is 4. The number of nitrogens with zero attached hydrogens (tertiary/aromatic N) is 2. The van der Waals surface area contributed by atoms with Crippen molar-refractivity contribution in [1.82, 2.24) is 4.57 Å². The Kier molecular flexibility index (Phi) is 6.41. The highest BCUT2D eigenvalue weighted by molar-refractivity contribution is 6.14. The van der Waals surface area contributed by atoms with Gasteiger partial charge in [0.25, 0.3) is 0 Å². The molecule has 0 N–H and O–H groups in total. The minimum Gasteiger partial charge on any atom is -0.310 e. The fourth-order valence-corrected chi connectivity index (χ4v) is 10.2. The summed E-state index contributed by atoms with van der Waals surface area (Å²) >= 11 is 0. The first-order chi connectivity index (χ1) is 27.3. The van der Waals surface area contributed by atoms with Gasteiger partial charge in [-0.3, -0.25) is 0 Å². The predicted molar refractivity (Wildman–Crippen MR) is 229 cm³/mol. The maximum Gasteiger partial charge on any atom is 0.0754 e. The molecule has 8 aromatic carbocycles. The predicted octanol–water partition coefficient (Wildman–Crippen LogP) is 13.7. The second-order valence-corrected chi connectivity index (χ2v) is 15.2. The molecule has 1 aromatic heterocycles. The molecule has 2 unspecified atom stereocenters. The van der Waals surface area contributed by atoms with Crippen molar-refractivity contribution in [3.63, 3.8) is 0 Å². The van der Waals surface area contributed by atoms with Crippen LogP contribution >= 0.6 is 0 Å². The van der Waals surface area contributed by atoms with Crippen LogP contribution in [0.15, 0.2) is 200 Å². The van der Waals surface area contributed by atoms with Gasteiger partial charge < -0.3 is 9.47 Å². The average molecular weight is 701 g/mol. The van der Waals surface area contributed by atoms with Crippen molar-refractivity contribution in [1.29, 1.82) is 0 Å². The van der Waals surface area contributed by atoms with Gasteiger partial charge in [0.15, 0.2) is 0 Å². The molecule has 0 saturated heterocycles. The Morgan fingerprint density at radius 1 is 0.509 bits per heavy atom. The van der Waals surface area contributed by atoms with E-state index in [-0.39, 0.29) is 0 Å². The fraction of sp³-hybridized carbons (Fsp3) is 0.0566. The summed E-state index contributed by atoms with van der Waals surface area (Å²) in [6.07, 6.45) is 9.91. The van der Waals surface area contributed by atoms with Gasteiger partial charge in [0.05, 0.1) is 22.1 Å². The summed E-state index contributed by atoms with van der Waals surface area (Å²) in [7, 11) is 0. The number of hydrogen-bond donors (Lipinski definition) is 0. The van der Waals surface area contributed by atoms with Gasteiger partial charge in [0, 0.05) is 33.8 Å². The zero-order chi connectivity index (χ0) is 36.1. The number of fused-ring (bicyclic) bond motifs is 14. The molecule has 258 valence electrons. The first-order valence-electron chi connectivity index (χ1n) is 19.4. The number of hydrogen-bond acceptors (Lipinski definition) is 1. The van der Waals surface area contributed by atoms with E-state index in [1.807, 2.05) is 0 Å². The Bertz CT molecular complexity index is 3070. The van der Waals surface area contributed by atoms with Crippen LogP contribution in [0.5, 0.6) is 0 Å². The van der Waals surface area contributed by atoms with Gasteiger partial charge in [-0.25, -0.2) is 0 Å². The quantitative estimate of drug-likeness (QED) is 0.177. The van der Waals surface area contributed by atoms with Gasteiger partial charge in [-0.1, -0.05) is 152 Å². The van der Waals surface area contributed by atoms with Crippen molar-refractivity contribution in [2.75, 3.05) is 4.90 Å². The van der Waals surface area contributed by atoms with Crippen molar-refractivity contribution >= 4 is 49.6 Å². The minimum atomic E-state index is -0.458. The highest BCUT2D eigenvalue weighted by atomic mass is 15.1. The zero-order valence-electron chi connectivity index (χ0n) is 30.2. The lowest BCUT2D eigenvalue weighted by Gasteiger charge is -2.39. The standard InChI is InChI=1S/C53H36N2/c1-3-14-35(15-4-1)36-26-29-39(30-27-36)54(38-16-5-2-6-17-38)40-31-32-41-37(34-40)28-33-47-51(41)44-19-7-9-21-45(44)53(47)46-22-10-12-25-50(46)55-49-24-11-8-18-42(49)43-20-13-23-48(53)52(43)55/h1-14,16-35H,15H2. The van der Waals surface area contributed by atoms with Crippen LogP contribution in [0.1, 0.15) is 40.2 Å². The van der Waals surface area contributed by atoms with Crippen LogP contribution in [0.3, 0.4) is 0 Å². The molecule has 0 fully saturated rings. The van der Waals surface area contributed by atoms with Gasteiger partial charge in [0.1, 0.15) is 0 Å². The number of allylic oxidation sites excluding steroid dienone is 4. The van der Waals surface area contributed by atoms with Gasteiger partial charge in [-0.15, -0.1) is 0 Å². The minimum absolute atomic E-state index is 0.421. The lowest BCUT2D eigenvalue weighted by Crippen LogP contribution is -2.33. The van der Waals surface area contributed by atoms with Gasteiger partial charge in [-0.05, 0) is 105 Å². The summed E-state index contributed by atoms with van der Waals surface area (Å²) in [5.41, 5.74) is 16.2. The monoisotopic (exact) mass is 700 g/mol. The molecule has 0 saturated carbocycles. The van der Waals surface area contributed by atoms with Crippen LogP contribution in [0.25, 0.3) is 49.4 Å². The summed E-state index contributed by atoms with van der Waals surface area (Å²) in [5, 5.41) is 5.11. The van der Waals surface area contributed by atoms with E-state index in [1.54, 1.807) is 0 Å². The van der Waals surface area contributed by atoms with E-state index in [0.29, 0.717) is 5.92 Å². The largest absolute Gasteiger partial charge is 0.310 e. The Morgan fingerprint density at radius 3 is 2.11 bits per heavy atom. The molecule has 0 radical (unpaired) electrons. The molecule has 2 heterocycles. The Labute approximate surface area is 320 Å². The second-order valence-electron chi connectivity index (χ2n) is 15.2. The van der Waals surface area contributed by atoms with Gasteiger partial charge in [-0.2, -0.15) is 0 Å².